The smallest absolute Gasteiger partial charge is 0.294 e. The van der Waals surface area contributed by atoms with Crippen molar-refractivity contribution in [1.29, 1.82) is 0 Å². The Morgan fingerprint density at radius 1 is 1.06 bits per heavy atom. The number of carbonyl (C=O) groups is 1. The number of hydrogen-bond acceptors (Lipinski definition) is 8. The quantitative estimate of drug-likeness (QED) is 0.356. The minimum absolute atomic E-state index is 0.0201. The van der Waals surface area contributed by atoms with Gasteiger partial charge in [-0.05, 0) is 40.9 Å². The molecule has 0 saturated heterocycles. The van der Waals surface area contributed by atoms with Gasteiger partial charge >= 0.3 is 0 Å². The van der Waals surface area contributed by atoms with Crippen LogP contribution in [0.15, 0.2) is 66.0 Å². The van der Waals surface area contributed by atoms with Crippen molar-refractivity contribution in [2.24, 2.45) is 0 Å². The molecule has 0 aliphatic carbocycles. The maximum Gasteiger partial charge on any atom is 0.294 e. The summed E-state index contributed by atoms with van der Waals surface area (Å²) in [5.41, 5.74) is 13.5. The lowest BCUT2D eigenvalue weighted by Gasteiger charge is -2.21. The Balaban J connectivity index is 1.28. The van der Waals surface area contributed by atoms with Gasteiger partial charge < -0.3 is 16.1 Å². The summed E-state index contributed by atoms with van der Waals surface area (Å²) in [7, 11) is 0. The number of hydrogen-bond donors (Lipinski definition) is 3. The van der Waals surface area contributed by atoms with Crippen molar-refractivity contribution < 1.29 is 4.79 Å². The molecule has 34 heavy (non-hydrogen) atoms. The number of pyridine rings is 1. The fourth-order valence-corrected chi connectivity index (χ4v) is 5.04. The number of nitrogens with zero attached hydrogens (tertiary/aromatic N) is 4. The van der Waals surface area contributed by atoms with E-state index in [1.165, 1.54) is 22.6 Å². The predicted octanol–water partition coefficient (Wildman–Crippen LogP) is 4.14. The molecule has 0 saturated carbocycles. The minimum Gasteiger partial charge on any atom is -0.382 e. The van der Waals surface area contributed by atoms with Gasteiger partial charge in [0.25, 0.3) is 5.91 Å². The maximum atomic E-state index is 12.9. The van der Waals surface area contributed by atoms with E-state index in [4.69, 9.17) is 10.7 Å². The SMILES string of the molecule is Nc1nc(C(=O)Nc2cc3ccccc3c(CNN3CCc4ccccc43)n2)nc2ccsc12. The molecule has 0 unspecified atom stereocenters. The summed E-state index contributed by atoms with van der Waals surface area (Å²) < 4.78 is 0.775. The maximum absolute atomic E-state index is 12.9. The molecule has 4 N–H and O–H groups in total. The number of para-hydroxylation sites is 1. The lowest BCUT2D eigenvalue weighted by Crippen LogP contribution is -2.36. The highest BCUT2D eigenvalue weighted by molar-refractivity contribution is 7.17. The summed E-state index contributed by atoms with van der Waals surface area (Å²) in [6, 6.07) is 20.1. The summed E-state index contributed by atoms with van der Waals surface area (Å²) in [6.45, 7) is 1.42. The molecule has 0 radical (unpaired) electrons. The first-order chi connectivity index (χ1) is 16.7. The van der Waals surface area contributed by atoms with Gasteiger partial charge in [0.05, 0.1) is 28.1 Å². The zero-order chi connectivity index (χ0) is 23.1. The summed E-state index contributed by atoms with van der Waals surface area (Å²) in [5.74, 6) is 0.309. The Labute approximate surface area is 199 Å². The average Bonchev–Trinajstić information content (AvgIpc) is 3.50. The first-order valence-corrected chi connectivity index (χ1v) is 11.8. The highest BCUT2D eigenvalue weighted by Gasteiger charge is 2.19. The molecule has 3 aromatic heterocycles. The number of hydrazine groups is 1. The molecule has 0 bridgehead atoms. The number of amides is 1. The second-order valence-corrected chi connectivity index (χ2v) is 8.98. The molecular formula is C25H21N7OS. The van der Waals surface area contributed by atoms with Crippen molar-refractivity contribution in [2.45, 2.75) is 13.0 Å². The number of carbonyl (C=O) groups excluding carboxylic acids is 1. The van der Waals surface area contributed by atoms with E-state index in [1.807, 2.05) is 47.8 Å². The van der Waals surface area contributed by atoms with E-state index in [-0.39, 0.29) is 5.82 Å². The molecule has 9 heteroatoms. The van der Waals surface area contributed by atoms with Crippen LogP contribution in [0, 0.1) is 0 Å². The predicted molar refractivity (Wildman–Crippen MR) is 136 cm³/mol. The van der Waals surface area contributed by atoms with Gasteiger partial charge in [0.1, 0.15) is 11.6 Å². The van der Waals surface area contributed by atoms with E-state index >= 15 is 0 Å². The lowest BCUT2D eigenvalue weighted by molar-refractivity contribution is 0.101. The van der Waals surface area contributed by atoms with Crippen molar-refractivity contribution in [3.05, 3.63) is 83.1 Å². The first-order valence-electron chi connectivity index (χ1n) is 11.0. The Hall–Kier alpha value is -4.08. The number of thiophene rings is 1. The summed E-state index contributed by atoms with van der Waals surface area (Å²) in [4.78, 5) is 26.2. The van der Waals surface area contributed by atoms with Crippen molar-refractivity contribution >= 4 is 55.6 Å². The van der Waals surface area contributed by atoms with E-state index < -0.39 is 5.91 Å². The molecule has 0 spiro atoms. The largest absolute Gasteiger partial charge is 0.382 e. The van der Waals surface area contributed by atoms with Gasteiger partial charge in [-0.25, -0.2) is 20.4 Å². The molecule has 1 aliphatic heterocycles. The fraction of sp³-hybridized carbons (Fsp3) is 0.120. The third-order valence-corrected chi connectivity index (χ3v) is 6.84. The number of benzene rings is 2. The van der Waals surface area contributed by atoms with Gasteiger partial charge in [0.15, 0.2) is 0 Å². The number of anilines is 3. The van der Waals surface area contributed by atoms with Crippen LogP contribution in [-0.2, 0) is 13.0 Å². The van der Waals surface area contributed by atoms with Crippen molar-refractivity contribution in [1.82, 2.24) is 20.4 Å². The van der Waals surface area contributed by atoms with E-state index in [2.05, 4.69) is 43.9 Å². The second kappa shape index (κ2) is 8.36. The third-order valence-electron chi connectivity index (χ3n) is 5.92. The first kappa shape index (κ1) is 20.5. The standard InChI is InChI=1S/C25H21N7OS/c26-23-22-18(10-12-34-22)29-24(31-23)25(33)30-21-13-16-6-1-3-7-17(16)19(28-21)14-27-32-11-9-15-5-2-4-8-20(15)32/h1-8,10,12-13,27H,9,11,14H2,(H2,26,29,31)(H,28,30,33). The Bertz CT molecular complexity index is 1550. The van der Waals surface area contributed by atoms with E-state index in [1.54, 1.807) is 0 Å². The molecule has 1 amide bonds. The number of rotatable bonds is 5. The fourth-order valence-electron chi connectivity index (χ4n) is 4.30. The van der Waals surface area contributed by atoms with Gasteiger partial charge in [0, 0.05) is 11.9 Å². The number of nitrogens with one attached hydrogen (secondary N) is 2. The molecule has 2 aromatic carbocycles. The van der Waals surface area contributed by atoms with Crippen molar-refractivity contribution in [3.63, 3.8) is 0 Å². The number of nitrogen functional groups attached to an aromatic ring is 1. The summed E-state index contributed by atoms with van der Waals surface area (Å²) >= 11 is 1.45. The van der Waals surface area contributed by atoms with Crippen LogP contribution in [0.2, 0.25) is 0 Å². The van der Waals surface area contributed by atoms with Crippen LogP contribution in [0.4, 0.5) is 17.3 Å². The molecule has 6 rings (SSSR count). The normalized spacial score (nSPS) is 12.9. The number of nitrogens with two attached hydrogens (primary N) is 1. The average molecular weight is 468 g/mol. The zero-order valence-electron chi connectivity index (χ0n) is 18.2. The molecule has 1 aliphatic rings. The molecule has 5 aromatic rings. The Morgan fingerprint density at radius 3 is 2.85 bits per heavy atom. The highest BCUT2D eigenvalue weighted by atomic mass is 32.1. The third kappa shape index (κ3) is 3.70. The van der Waals surface area contributed by atoms with Crippen LogP contribution in [-0.4, -0.2) is 27.4 Å². The number of aromatic nitrogens is 3. The monoisotopic (exact) mass is 467 g/mol. The van der Waals surface area contributed by atoms with Crippen molar-refractivity contribution in [2.75, 3.05) is 22.6 Å². The number of fused-ring (bicyclic) bond motifs is 3. The van der Waals surface area contributed by atoms with Crippen molar-refractivity contribution in [3.8, 4) is 0 Å². The Morgan fingerprint density at radius 2 is 1.91 bits per heavy atom. The molecule has 0 atom stereocenters. The van der Waals surface area contributed by atoms with E-state index in [0.29, 0.717) is 23.7 Å². The second-order valence-electron chi connectivity index (χ2n) is 8.06. The van der Waals surface area contributed by atoms with Gasteiger partial charge in [-0.2, -0.15) is 0 Å². The Kier molecular flexibility index (Phi) is 5.05. The van der Waals surface area contributed by atoms with Crippen LogP contribution >= 0.6 is 11.3 Å². The van der Waals surface area contributed by atoms with Gasteiger partial charge in [-0.1, -0.05) is 42.5 Å². The van der Waals surface area contributed by atoms with Crippen LogP contribution in [0.1, 0.15) is 21.9 Å². The lowest BCUT2D eigenvalue weighted by atomic mass is 10.1. The van der Waals surface area contributed by atoms with Crippen LogP contribution in [0.25, 0.3) is 21.0 Å². The van der Waals surface area contributed by atoms with Gasteiger partial charge in [-0.3, -0.25) is 4.79 Å². The van der Waals surface area contributed by atoms with Gasteiger partial charge in [-0.15, -0.1) is 11.3 Å². The zero-order valence-corrected chi connectivity index (χ0v) is 19.0. The molecule has 168 valence electrons. The molecular weight excluding hydrogens is 446 g/mol. The molecule has 8 nitrogen and oxygen atoms in total. The minimum atomic E-state index is -0.449. The topological polar surface area (TPSA) is 109 Å². The summed E-state index contributed by atoms with van der Waals surface area (Å²) in [5, 5.41) is 8.90. The molecule has 0 fully saturated rings. The highest BCUT2D eigenvalue weighted by Crippen LogP contribution is 2.27. The van der Waals surface area contributed by atoms with E-state index in [9.17, 15) is 4.79 Å². The van der Waals surface area contributed by atoms with Gasteiger partial charge in [0.2, 0.25) is 5.82 Å². The van der Waals surface area contributed by atoms with Crippen LogP contribution in [0.3, 0.4) is 0 Å². The molecule has 4 heterocycles. The van der Waals surface area contributed by atoms with E-state index in [0.717, 1.165) is 34.1 Å². The summed E-state index contributed by atoms with van der Waals surface area (Å²) in [6.07, 6.45) is 1.01. The van der Waals surface area contributed by atoms with Crippen LogP contribution < -0.4 is 21.5 Å². The van der Waals surface area contributed by atoms with Crippen LogP contribution in [0.5, 0.6) is 0 Å².